The average Bonchev–Trinajstić information content (AvgIpc) is 2.48. The highest BCUT2D eigenvalue weighted by Gasteiger charge is 2.36. The summed E-state index contributed by atoms with van der Waals surface area (Å²) in [4.78, 5) is 0. The van der Waals surface area contributed by atoms with Crippen LogP contribution in [0.25, 0.3) is 6.08 Å². The van der Waals surface area contributed by atoms with Crippen molar-refractivity contribution in [2.45, 2.75) is 44.6 Å². The minimum Gasteiger partial charge on any atom is -0.380 e. The number of aliphatic hydroxyl groups excluding tert-OH is 1. The summed E-state index contributed by atoms with van der Waals surface area (Å²) in [6.07, 6.45) is 15.7. The first kappa shape index (κ1) is 13.9. The monoisotopic (exact) mass is 254 g/mol. The molecule has 1 aromatic carbocycles. The van der Waals surface area contributed by atoms with Crippen molar-refractivity contribution in [2.24, 2.45) is 5.41 Å². The van der Waals surface area contributed by atoms with Crippen molar-refractivity contribution in [3.63, 3.8) is 0 Å². The van der Waals surface area contributed by atoms with Crippen LogP contribution in [0.4, 0.5) is 0 Å². The lowest BCUT2D eigenvalue weighted by atomic mass is 9.68. The molecular weight excluding hydrogens is 232 g/mol. The summed E-state index contributed by atoms with van der Waals surface area (Å²) < 4.78 is 0. The molecule has 1 N–H and O–H groups in total. The molecule has 0 bridgehead atoms. The minimum atomic E-state index is -0.617. The molecule has 1 aliphatic rings. The van der Waals surface area contributed by atoms with Gasteiger partial charge in [0.1, 0.15) is 6.10 Å². The van der Waals surface area contributed by atoms with Gasteiger partial charge in [-0.05, 0) is 24.8 Å². The Morgan fingerprint density at radius 1 is 1.21 bits per heavy atom. The van der Waals surface area contributed by atoms with Crippen LogP contribution in [0, 0.1) is 17.8 Å². The molecule has 1 saturated carbocycles. The predicted molar refractivity (Wildman–Crippen MR) is 80.5 cm³/mol. The molecule has 19 heavy (non-hydrogen) atoms. The number of rotatable bonds is 4. The van der Waals surface area contributed by atoms with Crippen molar-refractivity contribution >= 4 is 6.08 Å². The predicted octanol–water partition coefficient (Wildman–Crippen LogP) is 4.03. The second kappa shape index (κ2) is 6.59. The van der Waals surface area contributed by atoms with E-state index < -0.39 is 6.10 Å². The number of hydrogen-bond donors (Lipinski definition) is 1. The summed E-state index contributed by atoms with van der Waals surface area (Å²) in [5.74, 6) is 2.55. The van der Waals surface area contributed by atoms with Crippen LogP contribution in [-0.4, -0.2) is 11.2 Å². The molecule has 1 nitrogen and oxygen atoms in total. The fourth-order valence-corrected chi connectivity index (χ4v) is 3.02. The van der Waals surface area contributed by atoms with E-state index in [1.54, 1.807) is 0 Å². The summed E-state index contributed by atoms with van der Waals surface area (Å²) >= 11 is 0. The quantitative estimate of drug-likeness (QED) is 0.804. The summed E-state index contributed by atoms with van der Waals surface area (Å²) in [6.45, 7) is 0. The van der Waals surface area contributed by atoms with E-state index >= 15 is 0 Å². The van der Waals surface area contributed by atoms with E-state index in [9.17, 15) is 5.11 Å². The first-order valence-corrected chi connectivity index (χ1v) is 7.13. The van der Waals surface area contributed by atoms with E-state index in [0.717, 1.165) is 19.3 Å². The molecule has 0 saturated heterocycles. The van der Waals surface area contributed by atoms with Crippen molar-refractivity contribution in [1.82, 2.24) is 0 Å². The molecule has 1 unspecified atom stereocenters. The van der Waals surface area contributed by atoms with E-state index in [0.29, 0.717) is 0 Å². The van der Waals surface area contributed by atoms with Crippen LogP contribution in [0.5, 0.6) is 0 Å². The Morgan fingerprint density at radius 3 is 2.53 bits per heavy atom. The number of aliphatic hydroxyl groups is 1. The molecule has 1 aromatic rings. The van der Waals surface area contributed by atoms with Crippen LogP contribution < -0.4 is 0 Å². The molecule has 1 heteroatoms. The zero-order valence-electron chi connectivity index (χ0n) is 11.4. The molecule has 0 radical (unpaired) electrons. The van der Waals surface area contributed by atoms with Crippen LogP contribution in [-0.2, 0) is 0 Å². The molecule has 1 aliphatic carbocycles. The van der Waals surface area contributed by atoms with E-state index in [2.05, 4.69) is 30.2 Å². The fourth-order valence-electron chi connectivity index (χ4n) is 3.02. The molecule has 1 atom stereocenters. The number of allylic oxidation sites excluding steroid dienone is 1. The number of hydrogen-bond acceptors (Lipinski definition) is 1. The lowest BCUT2D eigenvalue weighted by Gasteiger charge is -2.38. The maximum Gasteiger partial charge on any atom is 0.120 e. The van der Waals surface area contributed by atoms with Gasteiger partial charge in [-0.15, -0.1) is 6.42 Å². The third-order valence-corrected chi connectivity index (χ3v) is 4.22. The minimum absolute atomic E-state index is 0.0989. The molecular formula is C18H22O. The largest absolute Gasteiger partial charge is 0.380 e. The van der Waals surface area contributed by atoms with E-state index in [1.807, 2.05) is 18.2 Å². The second-order valence-corrected chi connectivity index (χ2v) is 5.51. The van der Waals surface area contributed by atoms with Gasteiger partial charge in [0.15, 0.2) is 0 Å². The highest BCUT2D eigenvalue weighted by molar-refractivity contribution is 5.48. The summed E-state index contributed by atoms with van der Waals surface area (Å²) in [5.41, 5.74) is 1.10. The Labute approximate surface area is 116 Å². The van der Waals surface area contributed by atoms with Gasteiger partial charge in [-0.2, -0.15) is 0 Å². The van der Waals surface area contributed by atoms with Gasteiger partial charge in [0.05, 0.1) is 0 Å². The van der Waals surface area contributed by atoms with Crippen LogP contribution in [0.3, 0.4) is 0 Å². The van der Waals surface area contributed by atoms with Gasteiger partial charge in [-0.3, -0.25) is 0 Å². The normalized spacial score (nSPS) is 20.0. The van der Waals surface area contributed by atoms with Gasteiger partial charge in [0, 0.05) is 5.41 Å². The van der Waals surface area contributed by atoms with Gasteiger partial charge < -0.3 is 5.11 Å². The number of benzene rings is 1. The average molecular weight is 254 g/mol. The summed E-state index contributed by atoms with van der Waals surface area (Å²) in [6, 6.07) is 10.3. The molecule has 0 aliphatic heterocycles. The Kier molecular flexibility index (Phi) is 4.82. The lowest BCUT2D eigenvalue weighted by Crippen LogP contribution is -2.35. The molecule has 0 spiro atoms. The van der Waals surface area contributed by atoms with E-state index in [-0.39, 0.29) is 5.41 Å². The Balaban J connectivity index is 2.05. The van der Waals surface area contributed by atoms with Gasteiger partial charge >= 0.3 is 0 Å². The van der Waals surface area contributed by atoms with E-state index in [4.69, 9.17) is 6.42 Å². The zero-order chi connectivity index (χ0) is 13.6. The zero-order valence-corrected chi connectivity index (χ0v) is 11.4. The van der Waals surface area contributed by atoms with Crippen LogP contribution in [0.2, 0.25) is 0 Å². The summed E-state index contributed by atoms with van der Waals surface area (Å²) in [5, 5.41) is 10.2. The Hall–Kier alpha value is -1.52. The van der Waals surface area contributed by atoms with Crippen molar-refractivity contribution in [1.29, 1.82) is 0 Å². The van der Waals surface area contributed by atoms with Gasteiger partial charge in [-0.1, -0.05) is 67.7 Å². The first-order valence-electron chi connectivity index (χ1n) is 7.13. The van der Waals surface area contributed by atoms with E-state index in [1.165, 1.54) is 24.8 Å². The SMILES string of the molecule is C#CC(O)C1(C/C=C/c2ccccc2)CCCCC1. The molecule has 2 rings (SSSR count). The topological polar surface area (TPSA) is 20.2 Å². The summed E-state index contributed by atoms with van der Waals surface area (Å²) in [7, 11) is 0. The highest BCUT2D eigenvalue weighted by atomic mass is 16.3. The third-order valence-electron chi connectivity index (χ3n) is 4.22. The van der Waals surface area contributed by atoms with Crippen molar-refractivity contribution < 1.29 is 5.11 Å². The molecule has 0 amide bonds. The van der Waals surface area contributed by atoms with Crippen molar-refractivity contribution in [3.8, 4) is 12.3 Å². The Morgan fingerprint density at radius 2 is 1.89 bits per heavy atom. The third kappa shape index (κ3) is 3.49. The maximum atomic E-state index is 10.2. The lowest BCUT2D eigenvalue weighted by molar-refractivity contribution is 0.0372. The maximum absolute atomic E-state index is 10.2. The highest BCUT2D eigenvalue weighted by Crippen LogP contribution is 2.42. The van der Waals surface area contributed by atoms with Crippen molar-refractivity contribution in [3.05, 3.63) is 42.0 Å². The second-order valence-electron chi connectivity index (χ2n) is 5.51. The molecule has 0 heterocycles. The number of terminal acetylenes is 1. The standard InChI is InChI=1S/C18H22O/c1-2-17(19)18(13-7-4-8-14-18)15-9-12-16-10-5-3-6-11-16/h1,3,5-6,9-12,17,19H,4,7-8,13-15H2/b12-9+. The molecule has 100 valence electrons. The molecule has 0 aromatic heterocycles. The first-order chi connectivity index (χ1) is 9.27. The van der Waals surface area contributed by atoms with Gasteiger partial charge in [0.2, 0.25) is 0 Å². The fraction of sp³-hybridized carbons (Fsp3) is 0.444. The van der Waals surface area contributed by atoms with Crippen LogP contribution >= 0.6 is 0 Å². The van der Waals surface area contributed by atoms with Crippen molar-refractivity contribution in [2.75, 3.05) is 0 Å². The molecule has 1 fully saturated rings. The Bertz CT molecular complexity index is 446. The van der Waals surface area contributed by atoms with Crippen LogP contribution in [0.1, 0.15) is 44.1 Å². The van der Waals surface area contributed by atoms with Gasteiger partial charge in [-0.25, -0.2) is 0 Å². The smallest absolute Gasteiger partial charge is 0.120 e. The van der Waals surface area contributed by atoms with Crippen LogP contribution in [0.15, 0.2) is 36.4 Å². The van der Waals surface area contributed by atoms with Gasteiger partial charge in [0.25, 0.3) is 0 Å².